The van der Waals surface area contributed by atoms with Gasteiger partial charge in [0.05, 0.1) is 12.9 Å². The third-order valence-electron chi connectivity index (χ3n) is 1.98. The molecule has 0 spiro atoms. The van der Waals surface area contributed by atoms with Crippen molar-refractivity contribution >= 4 is 0 Å². The lowest BCUT2D eigenvalue weighted by Crippen LogP contribution is -2.04. The summed E-state index contributed by atoms with van der Waals surface area (Å²) in [6.45, 7) is 0.332. The van der Waals surface area contributed by atoms with E-state index in [9.17, 15) is 0 Å². The first-order valence-corrected chi connectivity index (χ1v) is 4.46. The van der Waals surface area contributed by atoms with Crippen LogP contribution in [0.3, 0.4) is 0 Å². The van der Waals surface area contributed by atoms with Crippen LogP contribution in [0, 0.1) is 22.7 Å². The van der Waals surface area contributed by atoms with Gasteiger partial charge < -0.3 is 4.57 Å². The first-order valence-electron chi connectivity index (χ1n) is 4.46. The molecule has 76 valence electrons. The van der Waals surface area contributed by atoms with Gasteiger partial charge in [0.2, 0.25) is 0 Å². The average molecular weight is 210 g/mol. The van der Waals surface area contributed by atoms with Crippen LogP contribution >= 0.6 is 0 Å². The Hall–Kier alpha value is -2.73. The third-order valence-corrected chi connectivity index (χ3v) is 1.98. The van der Waals surface area contributed by atoms with E-state index in [1.54, 1.807) is 23.0 Å². The van der Waals surface area contributed by atoms with Crippen molar-refractivity contribution < 1.29 is 0 Å². The lowest BCUT2D eigenvalue weighted by atomic mass is 10.3. The maximum Gasteiger partial charge on any atom is 0.176 e. The fourth-order valence-corrected chi connectivity index (χ4v) is 1.27. The fourth-order valence-electron chi connectivity index (χ4n) is 1.27. The van der Waals surface area contributed by atoms with Gasteiger partial charge in [0.1, 0.15) is 18.0 Å². The summed E-state index contributed by atoms with van der Waals surface area (Å²) in [6.07, 6.45) is 4.68. The maximum atomic E-state index is 8.89. The molecule has 0 unspecified atom stereocenters. The molecule has 0 amide bonds. The smallest absolute Gasteiger partial charge is 0.176 e. The second-order valence-electron chi connectivity index (χ2n) is 2.96. The summed E-state index contributed by atoms with van der Waals surface area (Å²) < 4.78 is 1.55. The molecule has 0 radical (unpaired) electrons. The van der Waals surface area contributed by atoms with Gasteiger partial charge in [-0.25, -0.2) is 15.0 Å². The van der Waals surface area contributed by atoms with Gasteiger partial charge in [-0.05, 0) is 6.07 Å². The van der Waals surface area contributed by atoms with Gasteiger partial charge in [-0.15, -0.1) is 0 Å². The first kappa shape index (κ1) is 9.81. The second-order valence-corrected chi connectivity index (χ2v) is 2.96. The maximum absolute atomic E-state index is 8.89. The van der Waals surface area contributed by atoms with E-state index in [4.69, 9.17) is 10.5 Å². The molecule has 6 nitrogen and oxygen atoms in total. The normalized spacial score (nSPS) is 9.38. The van der Waals surface area contributed by atoms with Gasteiger partial charge in [0.15, 0.2) is 11.4 Å². The van der Waals surface area contributed by atoms with Crippen molar-refractivity contribution in [2.24, 2.45) is 0 Å². The molecule has 0 N–H and O–H groups in total. The number of hydrogen-bond donors (Lipinski definition) is 0. The third kappa shape index (κ3) is 1.72. The molecular formula is C10H6N6. The number of imidazole rings is 1. The van der Waals surface area contributed by atoms with Gasteiger partial charge in [-0.2, -0.15) is 10.5 Å². The Morgan fingerprint density at radius 3 is 2.50 bits per heavy atom. The number of hydrogen-bond acceptors (Lipinski definition) is 5. The van der Waals surface area contributed by atoms with E-state index >= 15 is 0 Å². The van der Waals surface area contributed by atoms with Crippen LogP contribution in [0.5, 0.6) is 0 Å². The second kappa shape index (κ2) is 4.20. The molecule has 2 rings (SSSR count). The van der Waals surface area contributed by atoms with Gasteiger partial charge in [0.25, 0.3) is 0 Å². The van der Waals surface area contributed by atoms with E-state index in [1.165, 1.54) is 6.33 Å². The quantitative estimate of drug-likeness (QED) is 0.718. The fraction of sp³-hybridized carbons (Fsp3) is 0.100. The molecule has 0 aliphatic rings. The molecule has 0 saturated carbocycles. The van der Waals surface area contributed by atoms with Crippen molar-refractivity contribution in [1.29, 1.82) is 10.5 Å². The Kier molecular flexibility index (Phi) is 2.57. The number of nitriles is 2. The zero-order valence-corrected chi connectivity index (χ0v) is 8.20. The lowest BCUT2D eigenvalue weighted by molar-refractivity contribution is 0.734. The van der Waals surface area contributed by atoms with E-state index < -0.39 is 0 Å². The summed E-state index contributed by atoms with van der Waals surface area (Å²) >= 11 is 0. The Bertz CT molecular complexity index is 572. The zero-order chi connectivity index (χ0) is 11.4. The van der Waals surface area contributed by atoms with Crippen molar-refractivity contribution in [3.63, 3.8) is 0 Å². The van der Waals surface area contributed by atoms with Crippen LogP contribution in [0.2, 0.25) is 0 Å². The van der Waals surface area contributed by atoms with E-state index in [-0.39, 0.29) is 11.4 Å². The minimum absolute atomic E-state index is 0.124. The average Bonchev–Trinajstić information content (AvgIpc) is 2.72. The van der Waals surface area contributed by atoms with Crippen LogP contribution in [0.1, 0.15) is 17.2 Å². The standard InChI is InChI=1S/C10H6N6/c11-4-8-9(5-12)16(7-15-8)6-10-13-2-1-3-14-10/h1-3,7H,6H2. The number of nitrogens with zero attached hydrogens (tertiary/aromatic N) is 6. The summed E-state index contributed by atoms with van der Waals surface area (Å²) in [4.78, 5) is 11.9. The topological polar surface area (TPSA) is 91.2 Å². The van der Waals surface area contributed by atoms with Crippen LogP contribution in [0.25, 0.3) is 0 Å². The molecule has 0 aromatic carbocycles. The highest BCUT2D eigenvalue weighted by Crippen LogP contribution is 2.06. The van der Waals surface area contributed by atoms with Gasteiger partial charge >= 0.3 is 0 Å². The Morgan fingerprint density at radius 1 is 1.12 bits per heavy atom. The van der Waals surface area contributed by atoms with Gasteiger partial charge in [-0.1, -0.05) is 0 Å². The molecular weight excluding hydrogens is 204 g/mol. The van der Waals surface area contributed by atoms with Crippen molar-refractivity contribution in [1.82, 2.24) is 19.5 Å². The Balaban J connectivity index is 2.34. The van der Waals surface area contributed by atoms with Crippen molar-refractivity contribution in [2.45, 2.75) is 6.54 Å². The van der Waals surface area contributed by atoms with Crippen LogP contribution in [0.15, 0.2) is 24.8 Å². The summed E-state index contributed by atoms with van der Waals surface area (Å²) in [5.41, 5.74) is 0.355. The Labute approximate surface area is 91.4 Å². The first-order chi connectivity index (χ1) is 7.85. The predicted octanol–water partition coefficient (Wildman–Crippen LogP) is 0.465. The van der Waals surface area contributed by atoms with Crippen LogP contribution < -0.4 is 0 Å². The van der Waals surface area contributed by atoms with Crippen molar-refractivity contribution in [2.75, 3.05) is 0 Å². The molecule has 2 aromatic heterocycles. The lowest BCUT2D eigenvalue weighted by Gasteiger charge is -2.01. The van der Waals surface area contributed by atoms with Crippen LogP contribution in [0.4, 0.5) is 0 Å². The highest BCUT2D eigenvalue weighted by molar-refractivity contribution is 5.36. The van der Waals surface area contributed by atoms with Crippen molar-refractivity contribution in [3.05, 3.63) is 42.0 Å². The number of aromatic nitrogens is 4. The van der Waals surface area contributed by atoms with Crippen LogP contribution in [-0.4, -0.2) is 19.5 Å². The SMILES string of the molecule is N#Cc1ncn(Cc2ncccn2)c1C#N. The summed E-state index contributed by atoms with van der Waals surface area (Å²) in [5.74, 6) is 0.570. The highest BCUT2D eigenvalue weighted by Gasteiger charge is 2.10. The number of rotatable bonds is 2. The monoisotopic (exact) mass is 210 g/mol. The molecule has 0 fully saturated rings. The molecule has 2 heterocycles. The molecule has 2 aromatic rings. The summed E-state index contributed by atoms with van der Waals surface area (Å²) in [7, 11) is 0. The van der Waals surface area contributed by atoms with Gasteiger partial charge in [-0.3, -0.25) is 0 Å². The van der Waals surface area contributed by atoms with E-state index in [0.29, 0.717) is 12.4 Å². The molecule has 16 heavy (non-hydrogen) atoms. The molecule has 0 saturated heterocycles. The predicted molar refractivity (Wildman–Crippen MR) is 52.8 cm³/mol. The largest absolute Gasteiger partial charge is 0.314 e. The summed E-state index contributed by atoms with van der Waals surface area (Å²) in [6, 6.07) is 5.51. The van der Waals surface area contributed by atoms with Crippen LogP contribution in [-0.2, 0) is 6.54 Å². The summed E-state index contributed by atoms with van der Waals surface area (Å²) in [5, 5.41) is 17.6. The van der Waals surface area contributed by atoms with Gasteiger partial charge in [0, 0.05) is 12.4 Å². The minimum atomic E-state index is 0.124. The molecule has 0 atom stereocenters. The van der Waals surface area contributed by atoms with E-state index in [0.717, 1.165) is 0 Å². The molecule has 0 bridgehead atoms. The van der Waals surface area contributed by atoms with E-state index in [1.807, 2.05) is 12.1 Å². The van der Waals surface area contributed by atoms with Crippen molar-refractivity contribution in [3.8, 4) is 12.1 Å². The minimum Gasteiger partial charge on any atom is -0.314 e. The highest BCUT2D eigenvalue weighted by atomic mass is 15.1. The van der Waals surface area contributed by atoms with E-state index in [2.05, 4.69) is 15.0 Å². The zero-order valence-electron chi connectivity index (χ0n) is 8.20. The molecule has 0 aliphatic carbocycles. The Morgan fingerprint density at radius 2 is 1.88 bits per heavy atom. The molecule has 0 aliphatic heterocycles. The molecule has 6 heteroatoms.